The number of amides is 1. The van der Waals surface area contributed by atoms with Crippen LogP contribution in [0, 0.1) is 6.92 Å². The van der Waals surface area contributed by atoms with Gasteiger partial charge in [-0.15, -0.1) is 0 Å². The molecule has 0 aliphatic carbocycles. The molecule has 116 valence electrons. The topological polar surface area (TPSA) is 59.2 Å². The number of carbonyl (C=O) groups is 1. The highest BCUT2D eigenvalue weighted by molar-refractivity contribution is 5.93. The number of hydrogen-bond donors (Lipinski definition) is 0. The van der Waals surface area contributed by atoms with Crippen molar-refractivity contribution in [3.8, 4) is 0 Å². The van der Waals surface area contributed by atoms with Crippen molar-refractivity contribution in [3.05, 3.63) is 83.8 Å². The fourth-order valence-corrected chi connectivity index (χ4v) is 2.28. The van der Waals surface area contributed by atoms with Gasteiger partial charge in [0.2, 0.25) is 0 Å². The summed E-state index contributed by atoms with van der Waals surface area (Å²) >= 11 is 0. The first kappa shape index (κ1) is 15.0. The first-order chi connectivity index (χ1) is 11.2. The smallest absolute Gasteiger partial charge is 0.256 e. The number of nitrogens with zero attached hydrogens (tertiary/aromatic N) is 3. The SMILES string of the molecule is Cc1ccc(C(=O)N(Cc2cccnc2)Cc2ccco2)cn1. The Labute approximate surface area is 134 Å². The van der Waals surface area contributed by atoms with E-state index in [1.165, 1.54) is 0 Å². The molecule has 3 aromatic rings. The van der Waals surface area contributed by atoms with Crippen LogP contribution in [0.15, 0.2) is 65.7 Å². The number of aryl methyl sites for hydroxylation is 1. The van der Waals surface area contributed by atoms with Gasteiger partial charge in [0.25, 0.3) is 5.91 Å². The van der Waals surface area contributed by atoms with Crippen molar-refractivity contribution in [2.24, 2.45) is 0 Å². The van der Waals surface area contributed by atoms with Crippen molar-refractivity contribution in [3.63, 3.8) is 0 Å². The van der Waals surface area contributed by atoms with Crippen LogP contribution >= 0.6 is 0 Å². The van der Waals surface area contributed by atoms with Gasteiger partial charge in [0.15, 0.2) is 0 Å². The molecular formula is C18H17N3O2. The largest absolute Gasteiger partial charge is 0.467 e. The zero-order chi connectivity index (χ0) is 16.1. The quantitative estimate of drug-likeness (QED) is 0.726. The maximum atomic E-state index is 12.8. The third kappa shape index (κ3) is 3.83. The average molecular weight is 307 g/mol. The van der Waals surface area contributed by atoms with Crippen molar-refractivity contribution in [1.29, 1.82) is 0 Å². The Kier molecular flexibility index (Phi) is 4.47. The molecule has 23 heavy (non-hydrogen) atoms. The van der Waals surface area contributed by atoms with Gasteiger partial charge < -0.3 is 9.32 Å². The lowest BCUT2D eigenvalue weighted by atomic mass is 10.2. The predicted molar refractivity (Wildman–Crippen MR) is 85.5 cm³/mol. The van der Waals surface area contributed by atoms with E-state index in [1.807, 2.05) is 37.3 Å². The Bertz CT molecular complexity index is 753. The molecule has 0 unspecified atom stereocenters. The molecule has 0 saturated heterocycles. The molecule has 0 N–H and O–H groups in total. The summed E-state index contributed by atoms with van der Waals surface area (Å²) in [4.78, 5) is 22.8. The number of hydrogen-bond acceptors (Lipinski definition) is 4. The molecule has 3 rings (SSSR count). The van der Waals surface area contributed by atoms with E-state index in [-0.39, 0.29) is 5.91 Å². The maximum absolute atomic E-state index is 12.8. The van der Waals surface area contributed by atoms with Gasteiger partial charge in [-0.3, -0.25) is 14.8 Å². The van der Waals surface area contributed by atoms with Crippen LogP contribution in [0.2, 0.25) is 0 Å². The molecule has 0 aromatic carbocycles. The third-order valence-corrected chi connectivity index (χ3v) is 3.47. The Morgan fingerprint density at radius 3 is 2.70 bits per heavy atom. The van der Waals surface area contributed by atoms with Crippen LogP contribution in [0.25, 0.3) is 0 Å². The average Bonchev–Trinajstić information content (AvgIpc) is 3.08. The van der Waals surface area contributed by atoms with Gasteiger partial charge >= 0.3 is 0 Å². The van der Waals surface area contributed by atoms with Crippen molar-refractivity contribution < 1.29 is 9.21 Å². The molecule has 5 heteroatoms. The van der Waals surface area contributed by atoms with Gasteiger partial charge in [-0.25, -0.2) is 0 Å². The minimum atomic E-state index is -0.0854. The fourth-order valence-electron chi connectivity index (χ4n) is 2.28. The minimum absolute atomic E-state index is 0.0854. The maximum Gasteiger partial charge on any atom is 0.256 e. The van der Waals surface area contributed by atoms with Crippen LogP contribution in [0.1, 0.15) is 27.4 Å². The van der Waals surface area contributed by atoms with Crippen molar-refractivity contribution in [1.82, 2.24) is 14.9 Å². The number of rotatable bonds is 5. The predicted octanol–water partition coefficient (Wildman–Crippen LogP) is 3.22. The zero-order valence-electron chi connectivity index (χ0n) is 12.8. The van der Waals surface area contributed by atoms with E-state index >= 15 is 0 Å². The molecule has 0 bridgehead atoms. The molecular weight excluding hydrogens is 290 g/mol. The zero-order valence-corrected chi connectivity index (χ0v) is 12.8. The molecule has 0 spiro atoms. The highest BCUT2D eigenvalue weighted by Gasteiger charge is 2.18. The van der Waals surface area contributed by atoms with Crippen LogP contribution in [0.3, 0.4) is 0 Å². The molecule has 3 aromatic heterocycles. The molecule has 0 atom stereocenters. The second-order valence-corrected chi connectivity index (χ2v) is 5.29. The summed E-state index contributed by atoms with van der Waals surface area (Å²) < 4.78 is 5.38. The Balaban J connectivity index is 1.84. The van der Waals surface area contributed by atoms with E-state index in [0.717, 1.165) is 17.0 Å². The molecule has 0 saturated carbocycles. The number of pyridine rings is 2. The monoisotopic (exact) mass is 307 g/mol. The van der Waals surface area contributed by atoms with Crippen molar-refractivity contribution >= 4 is 5.91 Å². The lowest BCUT2D eigenvalue weighted by molar-refractivity contribution is 0.0717. The summed E-state index contributed by atoms with van der Waals surface area (Å²) in [7, 11) is 0. The lowest BCUT2D eigenvalue weighted by Gasteiger charge is -2.21. The van der Waals surface area contributed by atoms with E-state index in [1.54, 1.807) is 35.8 Å². The molecule has 3 heterocycles. The van der Waals surface area contributed by atoms with E-state index in [4.69, 9.17) is 4.42 Å². The molecule has 0 radical (unpaired) electrons. The lowest BCUT2D eigenvalue weighted by Crippen LogP contribution is -2.30. The number of furan rings is 1. The summed E-state index contributed by atoms with van der Waals surface area (Å²) in [5.74, 6) is 0.653. The molecule has 0 fully saturated rings. The Morgan fingerprint density at radius 1 is 1.13 bits per heavy atom. The summed E-state index contributed by atoms with van der Waals surface area (Å²) in [5.41, 5.74) is 2.41. The van der Waals surface area contributed by atoms with E-state index in [2.05, 4.69) is 9.97 Å². The van der Waals surface area contributed by atoms with Crippen molar-refractivity contribution in [2.45, 2.75) is 20.0 Å². The summed E-state index contributed by atoms with van der Waals surface area (Å²) in [6, 6.07) is 11.1. The first-order valence-corrected chi connectivity index (χ1v) is 7.35. The van der Waals surface area contributed by atoms with Gasteiger partial charge in [0.1, 0.15) is 5.76 Å². The van der Waals surface area contributed by atoms with Gasteiger partial charge in [-0.2, -0.15) is 0 Å². The van der Waals surface area contributed by atoms with Crippen LogP contribution in [-0.2, 0) is 13.1 Å². The second-order valence-electron chi connectivity index (χ2n) is 5.29. The second kappa shape index (κ2) is 6.87. The van der Waals surface area contributed by atoms with Crippen LogP contribution < -0.4 is 0 Å². The number of aromatic nitrogens is 2. The first-order valence-electron chi connectivity index (χ1n) is 7.35. The minimum Gasteiger partial charge on any atom is -0.467 e. The Morgan fingerprint density at radius 2 is 2.04 bits per heavy atom. The van der Waals surface area contributed by atoms with E-state index < -0.39 is 0 Å². The fraction of sp³-hybridized carbons (Fsp3) is 0.167. The molecule has 0 aliphatic heterocycles. The van der Waals surface area contributed by atoms with Gasteiger partial charge in [-0.05, 0) is 42.8 Å². The highest BCUT2D eigenvalue weighted by atomic mass is 16.3. The standard InChI is InChI=1S/C18H17N3O2/c1-14-6-7-16(11-20-14)18(22)21(13-17-5-3-9-23-17)12-15-4-2-8-19-10-15/h2-11H,12-13H2,1H3. The summed E-state index contributed by atoms with van der Waals surface area (Å²) in [6.45, 7) is 2.75. The third-order valence-electron chi connectivity index (χ3n) is 3.47. The molecule has 1 amide bonds. The van der Waals surface area contributed by atoms with Crippen LogP contribution in [-0.4, -0.2) is 20.8 Å². The van der Waals surface area contributed by atoms with Crippen LogP contribution in [0.4, 0.5) is 0 Å². The highest BCUT2D eigenvalue weighted by Crippen LogP contribution is 2.14. The normalized spacial score (nSPS) is 10.5. The summed E-state index contributed by atoms with van der Waals surface area (Å²) in [5, 5.41) is 0. The van der Waals surface area contributed by atoms with E-state index in [0.29, 0.717) is 18.7 Å². The summed E-state index contributed by atoms with van der Waals surface area (Å²) in [6.07, 6.45) is 6.69. The van der Waals surface area contributed by atoms with E-state index in [9.17, 15) is 4.79 Å². The molecule has 0 aliphatic rings. The van der Waals surface area contributed by atoms with Gasteiger partial charge in [0, 0.05) is 30.8 Å². The molecule has 5 nitrogen and oxygen atoms in total. The van der Waals surface area contributed by atoms with Crippen LogP contribution in [0.5, 0.6) is 0 Å². The van der Waals surface area contributed by atoms with Gasteiger partial charge in [0.05, 0.1) is 18.4 Å². The van der Waals surface area contributed by atoms with Gasteiger partial charge in [-0.1, -0.05) is 6.07 Å². The Hall–Kier alpha value is -2.95. The number of carbonyl (C=O) groups excluding carboxylic acids is 1. The van der Waals surface area contributed by atoms with Crippen molar-refractivity contribution in [2.75, 3.05) is 0 Å².